The summed E-state index contributed by atoms with van der Waals surface area (Å²) < 4.78 is 13.5. The van der Waals surface area contributed by atoms with Crippen LogP contribution in [0.25, 0.3) is 22.4 Å². The third-order valence-electron chi connectivity index (χ3n) is 5.30. The first kappa shape index (κ1) is 21.2. The van der Waals surface area contributed by atoms with E-state index < -0.39 is 0 Å². The lowest BCUT2D eigenvalue weighted by atomic mass is 10.1. The molecule has 3 aromatic heterocycles. The van der Waals surface area contributed by atoms with Crippen LogP contribution >= 0.6 is 0 Å². The molecule has 0 unspecified atom stereocenters. The van der Waals surface area contributed by atoms with Crippen LogP contribution < -0.4 is 4.74 Å². The summed E-state index contributed by atoms with van der Waals surface area (Å²) in [4.78, 5) is 14.6. The Morgan fingerprint density at radius 2 is 1.83 bits per heavy atom. The van der Waals surface area contributed by atoms with Gasteiger partial charge in [0.15, 0.2) is 5.65 Å². The Morgan fingerprint density at radius 1 is 1.07 bits per heavy atom. The van der Waals surface area contributed by atoms with E-state index in [9.17, 15) is 0 Å². The van der Waals surface area contributed by atoms with Crippen molar-refractivity contribution in [1.29, 1.82) is 0 Å². The van der Waals surface area contributed by atoms with Crippen LogP contribution in [-0.2, 0) is 4.74 Å². The van der Waals surface area contributed by atoms with E-state index in [1.165, 1.54) is 0 Å². The Bertz CT molecular complexity index is 994. The predicted molar refractivity (Wildman–Crippen MR) is 117 cm³/mol. The zero-order valence-electron chi connectivity index (χ0n) is 18.6. The molecule has 0 amide bonds. The van der Waals surface area contributed by atoms with Crippen LogP contribution in [0.2, 0.25) is 0 Å². The molecule has 1 atom stereocenters. The van der Waals surface area contributed by atoms with Gasteiger partial charge in [-0.1, -0.05) is 20.8 Å². The van der Waals surface area contributed by atoms with Crippen LogP contribution in [0.1, 0.15) is 63.0 Å². The molecule has 0 aliphatic carbocycles. The predicted octanol–water partition coefficient (Wildman–Crippen LogP) is 5.23. The minimum absolute atomic E-state index is 0.243. The van der Waals surface area contributed by atoms with Crippen molar-refractivity contribution in [2.24, 2.45) is 0 Å². The van der Waals surface area contributed by atoms with Crippen molar-refractivity contribution >= 4 is 11.2 Å². The van der Waals surface area contributed by atoms with Gasteiger partial charge >= 0.3 is 0 Å². The van der Waals surface area contributed by atoms with Gasteiger partial charge in [-0.3, -0.25) is 0 Å². The Morgan fingerprint density at radius 3 is 2.45 bits per heavy atom. The minimum Gasteiger partial charge on any atom is -0.480 e. The summed E-state index contributed by atoms with van der Waals surface area (Å²) in [6.45, 7) is 13.9. The van der Waals surface area contributed by atoms with Crippen LogP contribution in [0.4, 0.5) is 0 Å². The molecule has 0 saturated carbocycles. The molecule has 3 heterocycles. The summed E-state index contributed by atoms with van der Waals surface area (Å²) in [5.41, 5.74) is 6.47. The number of hydrogen-bond acceptors (Lipinski definition) is 5. The van der Waals surface area contributed by atoms with Gasteiger partial charge in [0, 0.05) is 18.5 Å². The van der Waals surface area contributed by atoms with Crippen molar-refractivity contribution in [2.75, 3.05) is 20.3 Å². The van der Waals surface area contributed by atoms with Crippen molar-refractivity contribution in [1.82, 2.24) is 19.5 Å². The second-order valence-corrected chi connectivity index (χ2v) is 7.72. The van der Waals surface area contributed by atoms with Crippen LogP contribution in [0.5, 0.6) is 5.88 Å². The zero-order valence-corrected chi connectivity index (χ0v) is 18.6. The molecule has 0 N–H and O–H groups in total. The summed E-state index contributed by atoms with van der Waals surface area (Å²) in [5.74, 6) is 0.924. The third kappa shape index (κ3) is 4.13. The van der Waals surface area contributed by atoms with Crippen molar-refractivity contribution in [3.05, 3.63) is 35.3 Å². The zero-order chi connectivity index (χ0) is 21.1. The fourth-order valence-electron chi connectivity index (χ4n) is 3.58. The molecule has 0 radical (unpaired) electrons. The van der Waals surface area contributed by atoms with Crippen LogP contribution in [0.3, 0.4) is 0 Å². The van der Waals surface area contributed by atoms with Gasteiger partial charge < -0.3 is 14.0 Å². The van der Waals surface area contributed by atoms with Crippen LogP contribution in [0, 0.1) is 13.8 Å². The number of nitrogens with zero attached hydrogens (tertiary/aromatic N) is 4. The lowest BCUT2D eigenvalue weighted by Crippen LogP contribution is -2.15. The topological polar surface area (TPSA) is 62.1 Å². The maximum Gasteiger partial charge on any atom is 0.222 e. The van der Waals surface area contributed by atoms with Gasteiger partial charge in [0.25, 0.3) is 0 Å². The summed E-state index contributed by atoms with van der Waals surface area (Å²) in [6.07, 6.45) is 3.11. The number of hydrogen-bond donors (Lipinski definition) is 0. The first-order valence-corrected chi connectivity index (χ1v) is 10.4. The molecule has 6 nitrogen and oxygen atoms in total. The molecule has 29 heavy (non-hydrogen) atoms. The van der Waals surface area contributed by atoms with E-state index in [2.05, 4.69) is 43.4 Å². The van der Waals surface area contributed by atoms with Crippen molar-refractivity contribution in [2.45, 2.75) is 59.9 Å². The SMILES string of the molecule is CCOC[C@@H](CC)n1cc(C)c2nc(-c3ccc(C(C)C)nc3OC)c(C)nc21. The molecule has 156 valence electrons. The number of fused-ring (bicyclic) bond motifs is 1. The summed E-state index contributed by atoms with van der Waals surface area (Å²) in [6, 6.07) is 4.33. The van der Waals surface area contributed by atoms with E-state index in [0.29, 0.717) is 25.0 Å². The van der Waals surface area contributed by atoms with E-state index in [1.807, 2.05) is 26.0 Å². The van der Waals surface area contributed by atoms with E-state index in [-0.39, 0.29) is 6.04 Å². The van der Waals surface area contributed by atoms with E-state index in [1.54, 1.807) is 7.11 Å². The number of aryl methyl sites for hydroxylation is 2. The fraction of sp³-hybridized carbons (Fsp3) is 0.522. The number of methoxy groups -OCH3 is 1. The maximum absolute atomic E-state index is 5.69. The Labute approximate surface area is 173 Å². The molecule has 0 fully saturated rings. The van der Waals surface area contributed by atoms with E-state index >= 15 is 0 Å². The molecule has 3 rings (SSSR count). The van der Waals surface area contributed by atoms with Gasteiger partial charge in [0.1, 0.15) is 5.52 Å². The number of pyridine rings is 1. The molecule has 0 bridgehead atoms. The summed E-state index contributed by atoms with van der Waals surface area (Å²) in [5, 5.41) is 0. The van der Waals surface area contributed by atoms with E-state index in [0.717, 1.165) is 45.8 Å². The smallest absolute Gasteiger partial charge is 0.222 e. The quantitative estimate of drug-likeness (QED) is 0.522. The van der Waals surface area contributed by atoms with Gasteiger partial charge in [-0.15, -0.1) is 0 Å². The Kier molecular flexibility index (Phi) is 6.52. The lowest BCUT2D eigenvalue weighted by Gasteiger charge is -2.18. The van der Waals surface area contributed by atoms with Gasteiger partial charge in [-0.25, -0.2) is 15.0 Å². The highest BCUT2D eigenvalue weighted by Crippen LogP contribution is 2.33. The Balaban J connectivity index is 2.13. The fourth-order valence-corrected chi connectivity index (χ4v) is 3.58. The molecular weight excluding hydrogens is 364 g/mol. The number of rotatable bonds is 8. The normalized spacial score (nSPS) is 12.7. The highest BCUT2D eigenvalue weighted by molar-refractivity contribution is 5.80. The largest absolute Gasteiger partial charge is 0.480 e. The number of aromatic nitrogens is 4. The molecular formula is C23H32N4O2. The Hall–Kier alpha value is -2.47. The van der Waals surface area contributed by atoms with Crippen molar-refractivity contribution < 1.29 is 9.47 Å². The van der Waals surface area contributed by atoms with Crippen molar-refractivity contribution in [3.8, 4) is 17.1 Å². The molecule has 0 aliphatic rings. The minimum atomic E-state index is 0.243. The number of ether oxygens (including phenoxy) is 2. The van der Waals surface area contributed by atoms with Gasteiger partial charge in [-0.05, 0) is 50.8 Å². The summed E-state index contributed by atoms with van der Waals surface area (Å²) >= 11 is 0. The highest BCUT2D eigenvalue weighted by Gasteiger charge is 2.20. The lowest BCUT2D eigenvalue weighted by molar-refractivity contribution is 0.113. The van der Waals surface area contributed by atoms with E-state index in [4.69, 9.17) is 19.4 Å². The third-order valence-corrected chi connectivity index (χ3v) is 5.30. The van der Waals surface area contributed by atoms with Crippen molar-refractivity contribution in [3.63, 3.8) is 0 Å². The van der Waals surface area contributed by atoms with Gasteiger partial charge in [-0.2, -0.15) is 0 Å². The van der Waals surface area contributed by atoms with Gasteiger partial charge in [0.2, 0.25) is 5.88 Å². The van der Waals surface area contributed by atoms with Crippen LogP contribution in [-0.4, -0.2) is 39.8 Å². The first-order valence-electron chi connectivity index (χ1n) is 10.4. The maximum atomic E-state index is 5.69. The standard InChI is InChI=1S/C23H32N4O2/c1-8-17(13-29-9-2)27-12-15(5)20-22(27)24-16(6)21(26-20)18-10-11-19(14(3)4)25-23(18)28-7/h10-12,14,17H,8-9,13H2,1-7H3/t17-/m1/s1. The molecule has 0 spiro atoms. The second kappa shape index (κ2) is 8.91. The highest BCUT2D eigenvalue weighted by atomic mass is 16.5. The second-order valence-electron chi connectivity index (χ2n) is 7.72. The van der Waals surface area contributed by atoms with Crippen LogP contribution in [0.15, 0.2) is 18.3 Å². The van der Waals surface area contributed by atoms with Gasteiger partial charge in [0.05, 0.1) is 36.7 Å². The first-order chi connectivity index (χ1) is 13.9. The molecule has 3 aromatic rings. The molecule has 6 heteroatoms. The molecule has 0 aromatic carbocycles. The summed E-state index contributed by atoms with van der Waals surface area (Å²) in [7, 11) is 1.65. The molecule has 0 aliphatic heterocycles. The average Bonchev–Trinajstić information content (AvgIpc) is 3.03. The average molecular weight is 397 g/mol. The monoisotopic (exact) mass is 396 g/mol. The molecule has 0 saturated heterocycles.